The first-order valence-corrected chi connectivity index (χ1v) is 8.20. The first-order valence-electron chi connectivity index (χ1n) is 8.20. The van der Waals surface area contributed by atoms with Crippen molar-refractivity contribution < 1.29 is 22.7 Å². The highest BCUT2D eigenvalue weighted by Gasteiger charge is 2.32. The maximum Gasteiger partial charge on any atom is 0.418 e. The fourth-order valence-electron chi connectivity index (χ4n) is 2.42. The number of carbonyl (C=O) groups is 1. The zero-order chi connectivity index (χ0) is 19.0. The number of halogens is 3. The summed E-state index contributed by atoms with van der Waals surface area (Å²) in [4.78, 5) is 11.8. The molecule has 7 heteroatoms. The third-order valence-corrected chi connectivity index (χ3v) is 3.79. The number of benzene rings is 2. The Morgan fingerprint density at radius 2 is 1.73 bits per heavy atom. The largest absolute Gasteiger partial charge is 0.497 e. The summed E-state index contributed by atoms with van der Waals surface area (Å²) >= 11 is 0. The van der Waals surface area contributed by atoms with Gasteiger partial charge in [-0.15, -0.1) is 0 Å². The van der Waals surface area contributed by atoms with Crippen molar-refractivity contribution >= 4 is 11.6 Å². The van der Waals surface area contributed by atoms with Gasteiger partial charge >= 0.3 is 6.18 Å². The van der Waals surface area contributed by atoms with E-state index in [1.807, 2.05) is 24.3 Å². The van der Waals surface area contributed by atoms with Crippen LogP contribution in [0.2, 0.25) is 0 Å². The van der Waals surface area contributed by atoms with Crippen molar-refractivity contribution in [1.29, 1.82) is 0 Å². The third kappa shape index (κ3) is 5.98. The molecule has 2 rings (SSSR count). The highest BCUT2D eigenvalue weighted by molar-refractivity contribution is 5.76. The second-order valence-electron chi connectivity index (χ2n) is 5.67. The Kier molecular flexibility index (Phi) is 6.89. The fraction of sp³-hybridized carbons (Fsp3) is 0.316. The van der Waals surface area contributed by atoms with Gasteiger partial charge in [-0.1, -0.05) is 24.3 Å². The van der Waals surface area contributed by atoms with Crippen molar-refractivity contribution in [2.75, 3.05) is 25.5 Å². The molecule has 0 radical (unpaired) electrons. The average molecular weight is 366 g/mol. The van der Waals surface area contributed by atoms with Gasteiger partial charge in [-0.05, 0) is 36.2 Å². The van der Waals surface area contributed by atoms with Gasteiger partial charge < -0.3 is 15.4 Å². The van der Waals surface area contributed by atoms with E-state index in [0.29, 0.717) is 13.0 Å². The summed E-state index contributed by atoms with van der Waals surface area (Å²) in [6.07, 6.45) is -3.67. The topological polar surface area (TPSA) is 50.4 Å². The first kappa shape index (κ1) is 19.6. The maximum absolute atomic E-state index is 12.9. The van der Waals surface area contributed by atoms with E-state index in [9.17, 15) is 18.0 Å². The zero-order valence-electron chi connectivity index (χ0n) is 14.4. The summed E-state index contributed by atoms with van der Waals surface area (Å²) in [5.41, 5.74) is 0.300. The molecular weight excluding hydrogens is 345 g/mol. The summed E-state index contributed by atoms with van der Waals surface area (Å²) in [7, 11) is 1.59. The first-order chi connectivity index (χ1) is 12.4. The van der Waals surface area contributed by atoms with Gasteiger partial charge in [0.1, 0.15) is 5.75 Å². The lowest BCUT2D eigenvalue weighted by Crippen LogP contribution is -2.27. The lowest BCUT2D eigenvalue weighted by atomic mass is 10.1. The minimum atomic E-state index is -4.43. The van der Waals surface area contributed by atoms with Crippen LogP contribution < -0.4 is 15.4 Å². The molecule has 0 heterocycles. The van der Waals surface area contributed by atoms with E-state index < -0.39 is 11.7 Å². The van der Waals surface area contributed by atoms with Gasteiger partial charge in [0.05, 0.1) is 12.7 Å². The number of carbonyl (C=O) groups excluding carboxylic acids is 1. The molecule has 0 aliphatic carbocycles. The van der Waals surface area contributed by atoms with Crippen LogP contribution >= 0.6 is 0 Å². The zero-order valence-corrected chi connectivity index (χ0v) is 14.4. The van der Waals surface area contributed by atoms with Crippen molar-refractivity contribution in [3.05, 3.63) is 59.7 Å². The van der Waals surface area contributed by atoms with Crippen LogP contribution in [0.4, 0.5) is 18.9 Å². The standard InChI is InChI=1S/C19H21F3N2O2/c1-26-15-8-6-14(7-9-15)10-12-24-18(25)11-13-23-17-5-3-2-4-16(17)19(20,21)22/h2-9,23H,10-13H2,1H3,(H,24,25). The smallest absolute Gasteiger partial charge is 0.418 e. The molecule has 2 aromatic carbocycles. The van der Waals surface area contributed by atoms with Crippen molar-refractivity contribution in [3.63, 3.8) is 0 Å². The molecule has 140 valence electrons. The molecule has 0 spiro atoms. The van der Waals surface area contributed by atoms with Crippen molar-refractivity contribution in [1.82, 2.24) is 5.32 Å². The van der Waals surface area contributed by atoms with Crippen LogP contribution in [0.25, 0.3) is 0 Å². The fourth-order valence-corrected chi connectivity index (χ4v) is 2.42. The van der Waals surface area contributed by atoms with Gasteiger partial charge in [0.25, 0.3) is 0 Å². The maximum atomic E-state index is 12.9. The van der Waals surface area contributed by atoms with E-state index in [1.54, 1.807) is 7.11 Å². The van der Waals surface area contributed by atoms with Crippen LogP contribution in [0.1, 0.15) is 17.5 Å². The molecule has 0 saturated heterocycles. The number of anilines is 1. The van der Waals surface area contributed by atoms with E-state index in [2.05, 4.69) is 10.6 Å². The second kappa shape index (κ2) is 9.12. The minimum Gasteiger partial charge on any atom is -0.497 e. The number of hydrogen-bond acceptors (Lipinski definition) is 3. The lowest BCUT2D eigenvalue weighted by molar-refractivity contribution is -0.137. The molecule has 1 amide bonds. The van der Waals surface area contributed by atoms with Crippen molar-refractivity contribution in [3.8, 4) is 5.75 Å². The van der Waals surface area contributed by atoms with Crippen LogP contribution in [0.3, 0.4) is 0 Å². The Hall–Kier alpha value is -2.70. The number of hydrogen-bond donors (Lipinski definition) is 2. The molecule has 0 aliphatic rings. The van der Waals surface area contributed by atoms with Crippen LogP contribution in [0.5, 0.6) is 5.75 Å². The van der Waals surface area contributed by atoms with Gasteiger partial charge in [-0.3, -0.25) is 4.79 Å². The van der Waals surface area contributed by atoms with E-state index in [0.717, 1.165) is 17.4 Å². The van der Waals surface area contributed by atoms with Gasteiger partial charge in [-0.2, -0.15) is 13.2 Å². The molecular formula is C19H21F3N2O2. The normalized spacial score (nSPS) is 11.1. The highest BCUT2D eigenvalue weighted by atomic mass is 19.4. The molecule has 0 aromatic heterocycles. The Morgan fingerprint density at radius 1 is 1.04 bits per heavy atom. The molecule has 0 aliphatic heterocycles. The number of nitrogens with one attached hydrogen (secondary N) is 2. The summed E-state index contributed by atoms with van der Waals surface area (Å²) in [6.45, 7) is 0.589. The predicted molar refractivity (Wildman–Crippen MR) is 94.3 cm³/mol. The molecule has 2 aromatic rings. The second-order valence-corrected chi connectivity index (χ2v) is 5.67. The summed E-state index contributed by atoms with van der Waals surface area (Å²) in [6, 6.07) is 12.7. The highest BCUT2D eigenvalue weighted by Crippen LogP contribution is 2.34. The quantitative estimate of drug-likeness (QED) is 0.746. The van der Waals surface area contributed by atoms with Crippen LogP contribution in [-0.4, -0.2) is 26.1 Å². The van der Waals surface area contributed by atoms with E-state index in [-0.39, 0.29) is 24.6 Å². The molecule has 0 saturated carbocycles. The molecule has 0 unspecified atom stereocenters. The van der Waals surface area contributed by atoms with Gasteiger partial charge in [0.15, 0.2) is 0 Å². The Balaban J connectivity index is 1.72. The predicted octanol–water partition coefficient (Wildman–Crippen LogP) is 3.87. The summed E-state index contributed by atoms with van der Waals surface area (Å²) < 4.78 is 43.7. The van der Waals surface area contributed by atoms with Crippen LogP contribution in [0, 0.1) is 0 Å². The van der Waals surface area contributed by atoms with Crippen molar-refractivity contribution in [2.45, 2.75) is 19.0 Å². The van der Waals surface area contributed by atoms with E-state index in [4.69, 9.17) is 4.74 Å². The number of alkyl halides is 3. The average Bonchev–Trinajstić information content (AvgIpc) is 2.62. The molecule has 4 nitrogen and oxygen atoms in total. The molecule has 0 fully saturated rings. The number of amides is 1. The number of ether oxygens (including phenoxy) is 1. The SMILES string of the molecule is COc1ccc(CCNC(=O)CCNc2ccccc2C(F)(F)F)cc1. The van der Waals surface area contributed by atoms with E-state index in [1.165, 1.54) is 18.2 Å². The monoisotopic (exact) mass is 366 g/mol. The molecule has 0 bridgehead atoms. The Labute approximate surface area is 150 Å². The van der Waals surface area contributed by atoms with Gasteiger partial charge in [-0.25, -0.2) is 0 Å². The van der Waals surface area contributed by atoms with Gasteiger partial charge in [0.2, 0.25) is 5.91 Å². The molecule has 2 N–H and O–H groups in total. The molecule has 26 heavy (non-hydrogen) atoms. The lowest BCUT2D eigenvalue weighted by Gasteiger charge is -2.14. The summed E-state index contributed by atoms with van der Waals surface area (Å²) in [5, 5.41) is 5.44. The Bertz CT molecular complexity index is 715. The molecule has 0 atom stereocenters. The van der Waals surface area contributed by atoms with Crippen LogP contribution in [0.15, 0.2) is 48.5 Å². The van der Waals surface area contributed by atoms with Crippen molar-refractivity contribution in [2.24, 2.45) is 0 Å². The van der Waals surface area contributed by atoms with Gasteiger partial charge in [0, 0.05) is 25.2 Å². The number of methoxy groups -OCH3 is 1. The minimum absolute atomic E-state index is 0.0222. The number of rotatable bonds is 8. The Morgan fingerprint density at radius 3 is 2.38 bits per heavy atom. The third-order valence-electron chi connectivity index (χ3n) is 3.79. The number of para-hydroxylation sites is 1. The van der Waals surface area contributed by atoms with E-state index >= 15 is 0 Å². The summed E-state index contributed by atoms with van der Waals surface area (Å²) in [5.74, 6) is 0.554. The van der Waals surface area contributed by atoms with Crippen LogP contribution in [-0.2, 0) is 17.4 Å².